The molecule has 1 aliphatic heterocycles. The zero-order chi connectivity index (χ0) is 19.2. The molecule has 1 saturated heterocycles. The fourth-order valence-electron chi connectivity index (χ4n) is 2.69. The zero-order valence-corrected chi connectivity index (χ0v) is 17.2. The number of ether oxygens (including phenoxy) is 3. The number of rotatable bonds is 14. The number of hydrogen-bond acceptors (Lipinski definition) is 6. The molecule has 0 bridgehead atoms. The van der Waals surface area contributed by atoms with E-state index in [-0.39, 0.29) is 11.8 Å². The number of nitrogens with zero attached hydrogens (tertiary/aromatic N) is 2. The Morgan fingerprint density at radius 3 is 1.92 bits per heavy atom. The van der Waals surface area contributed by atoms with Crippen molar-refractivity contribution in [2.24, 2.45) is 5.92 Å². The second-order valence-corrected chi connectivity index (χ2v) is 7.25. The molecule has 7 nitrogen and oxygen atoms in total. The van der Waals surface area contributed by atoms with Gasteiger partial charge < -0.3 is 19.5 Å². The highest BCUT2D eigenvalue weighted by Gasteiger charge is 2.18. The topological polar surface area (TPSA) is 63.3 Å². The van der Waals surface area contributed by atoms with Gasteiger partial charge in [0.1, 0.15) is 0 Å². The third kappa shape index (κ3) is 11.1. The van der Waals surface area contributed by atoms with Crippen LogP contribution in [0, 0.1) is 5.92 Å². The molecule has 7 heteroatoms. The van der Waals surface area contributed by atoms with E-state index in [1.165, 1.54) is 0 Å². The maximum atomic E-state index is 11.3. The molecule has 0 radical (unpaired) electrons. The van der Waals surface area contributed by atoms with Crippen LogP contribution in [0.15, 0.2) is 0 Å². The van der Waals surface area contributed by atoms with Crippen molar-refractivity contribution in [1.82, 2.24) is 15.1 Å². The Morgan fingerprint density at radius 1 is 0.846 bits per heavy atom. The van der Waals surface area contributed by atoms with E-state index < -0.39 is 0 Å². The summed E-state index contributed by atoms with van der Waals surface area (Å²) in [5.41, 5.74) is 0. The first-order valence-electron chi connectivity index (χ1n) is 9.98. The normalized spacial score (nSPS) is 16.5. The van der Waals surface area contributed by atoms with E-state index in [2.05, 4.69) is 29.0 Å². The number of carbonyl (C=O) groups is 1. The average molecular weight is 374 g/mol. The predicted molar refractivity (Wildman–Crippen MR) is 103 cm³/mol. The second kappa shape index (κ2) is 14.3. The molecular weight excluding hydrogens is 334 g/mol. The van der Waals surface area contributed by atoms with Gasteiger partial charge in [0.25, 0.3) is 0 Å². The fraction of sp³-hybridized carbons (Fsp3) is 0.947. The molecule has 26 heavy (non-hydrogen) atoms. The van der Waals surface area contributed by atoms with E-state index in [1.807, 2.05) is 13.8 Å². The van der Waals surface area contributed by atoms with Gasteiger partial charge in [-0.3, -0.25) is 14.6 Å². The molecule has 0 aliphatic carbocycles. The Labute approximate surface area is 159 Å². The van der Waals surface area contributed by atoms with E-state index in [9.17, 15) is 4.79 Å². The summed E-state index contributed by atoms with van der Waals surface area (Å²) in [6, 6.07) is 0.647. The number of amides is 1. The third-order valence-electron chi connectivity index (χ3n) is 4.50. The summed E-state index contributed by atoms with van der Waals surface area (Å²) >= 11 is 0. The van der Waals surface area contributed by atoms with Gasteiger partial charge in [-0.2, -0.15) is 0 Å². The van der Waals surface area contributed by atoms with E-state index >= 15 is 0 Å². The highest BCUT2D eigenvalue weighted by molar-refractivity contribution is 5.77. The Balaban J connectivity index is 1.79. The van der Waals surface area contributed by atoms with Gasteiger partial charge in [-0.05, 0) is 13.8 Å². The van der Waals surface area contributed by atoms with Crippen molar-refractivity contribution in [2.75, 3.05) is 78.9 Å². The summed E-state index contributed by atoms with van der Waals surface area (Å²) < 4.78 is 16.5. The minimum atomic E-state index is 0.0166. The molecule has 154 valence electrons. The van der Waals surface area contributed by atoms with Gasteiger partial charge in [0.05, 0.1) is 39.6 Å². The summed E-state index contributed by atoms with van der Waals surface area (Å²) in [4.78, 5) is 16.3. The Morgan fingerprint density at radius 2 is 1.38 bits per heavy atom. The van der Waals surface area contributed by atoms with Crippen LogP contribution in [-0.4, -0.2) is 101 Å². The largest absolute Gasteiger partial charge is 0.378 e. The molecule has 1 N–H and O–H groups in total. The maximum absolute atomic E-state index is 11.3. The molecule has 1 fully saturated rings. The van der Waals surface area contributed by atoms with Crippen LogP contribution >= 0.6 is 0 Å². The van der Waals surface area contributed by atoms with Gasteiger partial charge in [0, 0.05) is 51.2 Å². The van der Waals surface area contributed by atoms with Crippen molar-refractivity contribution in [3.05, 3.63) is 0 Å². The molecule has 0 atom stereocenters. The summed E-state index contributed by atoms with van der Waals surface area (Å²) in [7, 11) is 0. The zero-order valence-electron chi connectivity index (χ0n) is 17.2. The summed E-state index contributed by atoms with van der Waals surface area (Å²) in [6.07, 6.45) is 0. The first-order chi connectivity index (χ1) is 12.5. The third-order valence-corrected chi connectivity index (χ3v) is 4.50. The molecule has 1 heterocycles. The summed E-state index contributed by atoms with van der Waals surface area (Å²) in [6.45, 7) is 18.0. The number of piperazine rings is 1. The van der Waals surface area contributed by atoms with Crippen LogP contribution in [0.25, 0.3) is 0 Å². The van der Waals surface area contributed by atoms with Crippen molar-refractivity contribution in [3.8, 4) is 0 Å². The lowest BCUT2D eigenvalue weighted by Gasteiger charge is -2.36. The van der Waals surface area contributed by atoms with Crippen molar-refractivity contribution < 1.29 is 19.0 Å². The van der Waals surface area contributed by atoms with Crippen LogP contribution < -0.4 is 5.32 Å². The molecule has 1 rings (SSSR count). The molecule has 0 saturated carbocycles. The van der Waals surface area contributed by atoms with E-state index in [0.717, 1.165) is 39.3 Å². The standard InChI is InChI=1S/C19H39N3O4/c1-17(2)19(23)20-5-11-24-13-15-26-16-14-25-12-10-21-6-8-22(9-7-21)18(3)4/h17-18H,5-16H2,1-4H3,(H,20,23). The maximum Gasteiger partial charge on any atom is 0.222 e. The quantitative estimate of drug-likeness (QED) is 0.455. The fourth-order valence-corrected chi connectivity index (χ4v) is 2.69. The Bertz CT molecular complexity index is 359. The van der Waals surface area contributed by atoms with Crippen LogP contribution in [0.2, 0.25) is 0 Å². The van der Waals surface area contributed by atoms with Gasteiger partial charge in [0.15, 0.2) is 0 Å². The molecule has 0 aromatic heterocycles. The van der Waals surface area contributed by atoms with Crippen molar-refractivity contribution in [2.45, 2.75) is 33.7 Å². The van der Waals surface area contributed by atoms with E-state index in [4.69, 9.17) is 14.2 Å². The van der Waals surface area contributed by atoms with E-state index in [0.29, 0.717) is 45.6 Å². The van der Waals surface area contributed by atoms with Crippen LogP contribution in [0.1, 0.15) is 27.7 Å². The van der Waals surface area contributed by atoms with Gasteiger partial charge >= 0.3 is 0 Å². The lowest BCUT2D eigenvalue weighted by Crippen LogP contribution is -2.49. The molecule has 1 aliphatic rings. The highest BCUT2D eigenvalue weighted by atomic mass is 16.5. The second-order valence-electron chi connectivity index (χ2n) is 7.25. The minimum absolute atomic E-state index is 0.0166. The molecule has 0 aromatic carbocycles. The van der Waals surface area contributed by atoms with Crippen molar-refractivity contribution in [1.29, 1.82) is 0 Å². The van der Waals surface area contributed by atoms with Crippen molar-refractivity contribution in [3.63, 3.8) is 0 Å². The summed E-state index contributed by atoms with van der Waals surface area (Å²) in [5, 5.41) is 2.81. The predicted octanol–water partition coefficient (Wildman–Crippen LogP) is 0.834. The van der Waals surface area contributed by atoms with E-state index in [1.54, 1.807) is 0 Å². The molecule has 1 amide bonds. The van der Waals surface area contributed by atoms with Gasteiger partial charge in [-0.15, -0.1) is 0 Å². The van der Waals surface area contributed by atoms with Gasteiger partial charge in [-0.1, -0.05) is 13.8 Å². The first kappa shape index (κ1) is 23.3. The SMILES string of the molecule is CC(C)C(=O)NCCOCCOCCOCCN1CCN(C(C)C)CC1. The lowest BCUT2D eigenvalue weighted by atomic mass is 10.2. The van der Waals surface area contributed by atoms with Gasteiger partial charge in [-0.25, -0.2) is 0 Å². The summed E-state index contributed by atoms with van der Waals surface area (Å²) in [5.74, 6) is 0.0757. The first-order valence-corrected chi connectivity index (χ1v) is 9.98. The van der Waals surface area contributed by atoms with Crippen LogP contribution in [0.4, 0.5) is 0 Å². The number of carbonyl (C=O) groups excluding carboxylic acids is 1. The van der Waals surface area contributed by atoms with Crippen LogP contribution in [0.3, 0.4) is 0 Å². The highest BCUT2D eigenvalue weighted by Crippen LogP contribution is 2.05. The average Bonchev–Trinajstić information content (AvgIpc) is 2.62. The lowest BCUT2D eigenvalue weighted by molar-refractivity contribution is -0.124. The Kier molecular flexibility index (Phi) is 12.9. The Hall–Kier alpha value is -0.730. The molecule has 0 unspecified atom stereocenters. The molecular formula is C19H39N3O4. The monoisotopic (exact) mass is 373 g/mol. The van der Waals surface area contributed by atoms with Crippen LogP contribution in [0.5, 0.6) is 0 Å². The smallest absolute Gasteiger partial charge is 0.222 e. The number of nitrogens with one attached hydrogen (secondary N) is 1. The van der Waals surface area contributed by atoms with Crippen LogP contribution in [-0.2, 0) is 19.0 Å². The minimum Gasteiger partial charge on any atom is -0.378 e. The van der Waals surface area contributed by atoms with Crippen molar-refractivity contribution >= 4 is 5.91 Å². The number of hydrogen-bond donors (Lipinski definition) is 1. The molecule has 0 aromatic rings. The molecule has 0 spiro atoms. The van der Waals surface area contributed by atoms with Gasteiger partial charge in [0.2, 0.25) is 5.91 Å².